The molecule has 1 heterocycles. The lowest BCUT2D eigenvalue weighted by molar-refractivity contribution is 0.0697. The van der Waals surface area contributed by atoms with E-state index < -0.39 is 5.97 Å². The van der Waals surface area contributed by atoms with Gasteiger partial charge in [0, 0.05) is 18.9 Å². The van der Waals surface area contributed by atoms with Gasteiger partial charge in [0.25, 0.3) is 0 Å². The van der Waals surface area contributed by atoms with Crippen LogP contribution in [0.25, 0.3) is 11.1 Å². The Bertz CT molecular complexity index is 929. The van der Waals surface area contributed by atoms with E-state index in [4.69, 9.17) is 4.98 Å². The predicted octanol–water partition coefficient (Wildman–Crippen LogP) is 4.77. The van der Waals surface area contributed by atoms with Gasteiger partial charge >= 0.3 is 5.97 Å². The van der Waals surface area contributed by atoms with Crippen molar-refractivity contribution in [3.63, 3.8) is 0 Å². The number of carboxylic acid groups (broad SMARTS) is 1. The van der Waals surface area contributed by atoms with Crippen LogP contribution >= 0.6 is 0 Å². The summed E-state index contributed by atoms with van der Waals surface area (Å²) in [7, 11) is 0. The monoisotopic (exact) mass is 363 g/mol. The van der Waals surface area contributed by atoms with Crippen molar-refractivity contribution in [3.8, 4) is 11.1 Å². The fourth-order valence-electron chi connectivity index (χ4n) is 3.08. The smallest absolute Gasteiger partial charge is 0.336 e. The summed E-state index contributed by atoms with van der Waals surface area (Å²) >= 11 is 0. The van der Waals surface area contributed by atoms with Gasteiger partial charge in [-0.15, -0.1) is 0 Å². The Hall–Kier alpha value is -2.95. The molecule has 0 bridgehead atoms. The SMILES string of the molecule is CCC(C)c1nc(Cc2ccc(-c3ccccc3C(=O)O)cc2)n(CC)n1. The van der Waals surface area contributed by atoms with Gasteiger partial charge in [-0.3, -0.25) is 0 Å². The topological polar surface area (TPSA) is 68.0 Å². The first-order valence-electron chi connectivity index (χ1n) is 9.38. The molecule has 5 nitrogen and oxygen atoms in total. The second-order valence-corrected chi connectivity index (χ2v) is 6.74. The molecular formula is C22H25N3O2. The standard InChI is InChI=1S/C22H25N3O2/c1-4-15(3)21-23-20(25(5-2)24-21)14-16-10-12-17(13-11-16)18-8-6-7-9-19(18)22(26)27/h6-13,15H,4-5,14H2,1-3H3,(H,26,27). The van der Waals surface area contributed by atoms with Gasteiger partial charge in [-0.05, 0) is 36.1 Å². The van der Waals surface area contributed by atoms with E-state index in [1.54, 1.807) is 12.1 Å². The second kappa shape index (κ2) is 8.16. The van der Waals surface area contributed by atoms with Gasteiger partial charge in [0.15, 0.2) is 5.82 Å². The number of hydrogen-bond acceptors (Lipinski definition) is 3. The molecule has 0 aliphatic rings. The summed E-state index contributed by atoms with van der Waals surface area (Å²) in [6, 6.07) is 15.1. The van der Waals surface area contributed by atoms with Crippen molar-refractivity contribution in [1.82, 2.24) is 14.8 Å². The molecule has 0 aliphatic carbocycles. The van der Waals surface area contributed by atoms with Crippen LogP contribution in [0, 0.1) is 0 Å². The van der Waals surface area contributed by atoms with Crippen molar-refractivity contribution in [2.24, 2.45) is 0 Å². The molecule has 0 saturated carbocycles. The minimum absolute atomic E-state index is 0.314. The van der Waals surface area contributed by atoms with E-state index >= 15 is 0 Å². The molecular weight excluding hydrogens is 338 g/mol. The Kier molecular flexibility index (Phi) is 5.69. The molecule has 1 atom stereocenters. The summed E-state index contributed by atoms with van der Waals surface area (Å²) in [5.41, 5.74) is 3.07. The van der Waals surface area contributed by atoms with Crippen LogP contribution in [-0.4, -0.2) is 25.8 Å². The van der Waals surface area contributed by atoms with Crippen molar-refractivity contribution in [2.75, 3.05) is 0 Å². The summed E-state index contributed by atoms with van der Waals surface area (Å²) < 4.78 is 1.97. The fourth-order valence-corrected chi connectivity index (χ4v) is 3.08. The van der Waals surface area contributed by atoms with Crippen LogP contribution < -0.4 is 0 Å². The average molecular weight is 363 g/mol. The van der Waals surface area contributed by atoms with Gasteiger partial charge in [-0.25, -0.2) is 14.5 Å². The molecule has 0 fully saturated rings. The number of benzene rings is 2. The third-order valence-corrected chi connectivity index (χ3v) is 4.90. The maximum Gasteiger partial charge on any atom is 0.336 e. The normalized spacial score (nSPS) is 12.1. The molecule has 3 aromatic rings. The lowest BCUT2D eigenvalue weighted by atomic mass is 9.98. The molecule has 0 radical (unpaired) electrons. The lowest BCUT2D eigenvalue weighted by Gasteiger charge is -2.08. The zero-order valence-corrected chi connectivity index (χ0v) is 16.0. The molecule has 2 aromatic carbocycles. The Morgan fingerprint density at radius 3 is 2.44 bits per heavy atom. The molecule has 140 valence electrons. The highest BCUT2D eigenvalue weighted by Crippen LogP contribution is 2.25. The minimum Gasteiger partial charge on any atom is -0.478 e. The van der Waals surface area contributed by atoms with E-state index in [0.29, 0.717) is 17.9 Å². The van der Waals surface area contributed by atoms with Gasteiger partial charge in [-0.2, -0.15) is 5.10 Å². The Morgan fingerprint density at radius 1 is 1.11 bits per heavy atom. The van der Waals surface area contributed by atoms with E-state index in [-0.39, 0.29) is 0 Å². The first kappa shape index (κ1) is 18.8. The number of aryl methyl sites for hydroxylation is 1. The van der Waals surface area contributed by atoms with E-state index in [1.165, 1.54) is 0 Å². The Morgan fingerprint density at radius 2 is 1.81 bits per heavy atom. The molecule has 1 N–H and O–H groups in total. The largest absolute Gasteiger partial charge is 0.478 e. The first-order valence-corrected chi connectivity index (χ1v) is 9.38. The van der Waals surface area contributed by atoms with Crippen molar-refractivity contribution < 1.29 is 9.90 Å². The van der Waals surface area contributed by atoms with Crippen molar-refractivity contribution in [1.29, 1.82) is 0 Å². The van der Waals surface area contributed by atoms with E-state index in [9.17, 15) is 9.90 Å². The molecule has 0 aliphatic heterocycles. The van der Waals surface area contributed by atoms with Crippen molar-refractivity contribution in [3.05, 3.63) is 71.3 Å². The van der Waals surface area contributed by atoms with Crippen LogP contribution in [0.3, 0.4) is 0 Å². The summed E-state index contributed by atoms with van der Waals surface area (Å²) in [4.78, 5) is 16.2. The lowest BCUT2D eigenvalue weighted by Crippen LogP contribution is -2.04. The number of carboxylic acids is 1. The number of aromatic carboxylic acids is 1. The third kappa shape index (κ3) is 4.08. The van der Waals surface area contributed by atoms with E-state index in [1.807, 2.05) is 41.1 Å². The van der Waals surface area contributed by atoms with Gasteiger partial charge < -0.3 is 5.11 Å². The average Bonchev–Trinajstić information content (AvgIpc) is 3.10. The summed E-state index contributed by atoms with van der Waals surface area (Å²) in [5.74, 6) is 1.31. The van der Waals surface area contributed by atoms with Gasteiger partial charge in [0.1, 0.15) is 5.82 Å². The fraction of sp³-hybridized carbons (Fsp3) is 0.318. The minimum atomic E-state index is -0.914. The zero-order chi connectivity index (χ0) is 19.4. The molecule has 0 amide bonds. The second-order valence-electron chi connectivity index (χ2n) is 6.74. The van der Waals surface area contributed by atoms with Crippen LogP contribution in [0.2, 0.25) is 0 Å². The number of hydrogen-bond donors (Lipinski definition) is 1. The van der Waals surface area contributed by atoms with Gasteiger partial charge in [0.05, 0.1) is 5.56 Å². The van der Waals surface area contributed by atoms with E-state index in [0.717, 1.165) is 41.3 Å². The zero-order valence-electron chi connectivity index (χ0n) is 16.0. The molecule has 0 spiro atoms. The van der Waals surface area contributed by atoms with Gasteiger partial charge in [-0.1, -0.05) is 56.3 Å². The highest BCUT2D eigenvalue weighted by molar-refractivity contribution is 5.95. The third-order valence-electron chi connectivity index (χ3n) is 4.90. The number of rotatable bonds is 7. The van der Waals surface area contributed by atoms with Crippen LogP contribution in [0.4, 0.5) is 0 Å². The molecule has 27 heavy (non-hydrogen) atoms. The van der Waals surface area contributed by atoms with Gasteiger partial charge in [0.2, 0.25) is 0 Å². The molecule has 1 aromatic heterocycles. The maximum atomic E-state index is 11.4. The highest BCUT2D eigenvalue weighted by atomic mass is 16.4. The van der Waals surface area contributed by atoms with Crippen LogP contribution in [-0.2, 0) is 13.0 Å². The first-order chi connectivity index (χ1) is 13.0. The van der Waals surface area contributed by atoms with Crippen molar-refractivity contribution >= 4 is 5.97 Å². The number of carbonyl (C=O) groups is 1. The predicted molar refractivity (Wildman–Crippen MR) is 106 cm³/mol. The number of aromatic nitrogens is 3. The Balaban J connectivity index is 1.85. The van der Waals surface area contributed by atoms with Crippen LogP contribution in [0.15, 0.2) is 48.5 Å². The van der Waals surface area contributed by atoms with Crippen molar-refractivity contribution in [2.45, 2.75) is 46.1 Å². The summed E-state index contributed by atoms with van der Waals surface area (Å²) in [6.07, 6.45) is 1.73. The maximum absolute atomic E-state index is 11.4. The highest BCUT2D eigenvalue weighted by Gasteiger charge is 2.15. The summed E-state index contributed by atoms with van der Waals surface area (Å²) in [6.45, 7) is 7.16. The quantitative estimate of drug-likeness (QED) is 0.657. The van der Waals surface area contributed by atoms with Crippen LogP contribution in [0.1, 0.15) is 60.7 Å². The molecule has 5 heteroatoms. The van der Waals surface area contributed by atoms with Crippen LogP contribution in [0.5, 0.6) is 0 Å². The summed E-state index contributed by atoms with van der Waals surface area (Å²) in [5, 5.41) is 14.0. The molecule has 0 saturated heterocycles. The number of nitrogens with zero attached hydrogens (tertiary/aromatic N) is 3. The molecule has 3 rings (SSSR count). The molecule has 1 unspecified atom stereocenters. The Labute approximate surface area is 159 Å². The van der Waals surface area contributed by atoms with E-state index in [2.05, 4.69) is 25.9 Å².